The number of nitrogens with one attached hydrogen (secondary N) is 1. The number of aliphatic hydroxyl groups excluding tert-OH is 1. The molecule has 0 unspecified atom stereocenters. The van der Waals surface area contributed by atoms with Gasteiger partial charge in [0.15, 0.2) is 0 Å². The average Bonchev–Trinajstić information content (AvgIpc) is 2.85. The summed E-state index contributed by atoms with van der Waals surface area (Å²) < 4.78 is 39.7. The Kier molecular flexibility index (Phi) is 4.74. The molecule has 8 heteroatoms. The molecule has 0 saturated carbocycles. The van der Waals surface area contributed by atoms with Crippen molar-refractivity contribution in [3.8, 4) is 0 Å². The topological polar surface area (TPSA) is 50.1 Å². The van der Waals surface area contributed by atoms with Crippen LogP contribution in [-0.4, -0.2) is 21.5 Å². The Hall–Kier alpha value is -1.73. The SMILES string of the molecule is OCCn1cc(NCc2ccc(Cl)c(C(F)(F)F)c2)cn1. The lowest BCUT2D eigenvalue weighted by atomic mass is 10.1. The zero-order valence-electron chi connectivity index (χ0n) is 10.9. The molecule has 0 spiro atoms. The van der Waals surface area contributed by atoms with Crippen molar-refractivity contribution in [2.75, 3.05) is 11.9 Å². The number of alkyl halides is 3. The third-order valence-corrected chi connectivity index (χ3v) is 3.12. The zero-order chi connectivity index (χ0) is 15.5. The highest BCUT2D eigenvalue weighted by Crippen LogP contribution is 2.35. The van der Waals surface area contributed by atoms with Gasteiger partial charge in [0.05, 0.1) is 35.6 Å². The van der Waals surface area contributed by atoms with Crippen LogP contribution in [0.25, 0.3) is 0 Å². The second kappa shape index (κ2) is 6.36. The van der Waals surface area contributed by atoms with Gasteiger partial charge in [0.1, 0.15) is 0 Å². The quantitative estimate of drug-likeness (QED) is 0.890. The Balaban J connectivity index is 2.06. The minimum absolute atomic E-state index is 0.0345. The van der Waals surface area contributed by atoms with Gasteiger partial charge in [-0.25, -0.2) is 0 Å². The molecule has 2 aromatic rings. The summed E-state index contributed by atoms with van der Waals surface area (Å²) in [5.41, 5.74) is 0.271. The van der Waals surface area contributed by atoms with Crippen LogP contribution in [0.4, 0.5) is 18.9 Å². The molecule has 0 aliphatic carbocycles. The molecule has 0 aliphatic rings. The van der Waals surface area contributed by atoms with Crippen molar-refractivity contribution in [3.05, 3.63) is 46.7 Å². The van der Waals surface area contributed by atoms with Gasteiger partial charge < -0.3 is 10.4 Å². The van der Waals surface area contributed by atoms with E-state index in [9.17, 15) is 13.2 Å². The maximum atomic E-state index is 12.7. The minimum Gasteiger partial charge on any atom is -0.394 e. The fourth-order valence-electron chi connectivity index (χ4n) is 1.78. The summed E-state index contributed by atoms with van der Waals surface area (Å²) in [6.07, 6.45) is -1.27. The minimum atomic E-state index is -4.47. The van der Waals surface area contributed by atoms with Crippen molar-refractivity contribution in [2.45, 2.75) is 19.3 Å². The van der Waals surface area contributed by atoms with E-state index in [0.717, 1.165) is 6.07 Å². The van der Waals surface area contributed by atoms with Gasteiger partial charge >= 0.3 is 6.18 Å². The van der Waals surface area contributed by atoms with Crippen molar-refractivity contribution in [1.82, 2.24) is 9.78 Å². The van der Waals surface area contributed by atoms with Crippen molar-refractivity contribution in [3.63, 3.8) is 0 Å². The molecule has 0 aliphatic heterocycles. The fraction of sp³-hybridized carbons (Fsp3) is 0.308. The average molecular weight is 320 g/mol. The number of aromatic nitrogens is 2. The van der Waals surface area contributed by atoms with Gasteiger partial charge in [-0.2, -0.15) is 18.3 Å². The molecule has 1 aromatic carbocycles. The molecule has 0 saturated heterocycles. The summed E-state index contributed by atoms with van der Waals surface area (Å²) in [5.74, 6) is 0. The van der Waals surface area contributed by atoms with Crippen LogP contribution in [0.2, 0.25) is 5.02 Å². The maximum absolute atomic E-state index is 12.7. The number of halogens is 4. The first-order chi connectivity index (χ1) is 9.90. The van der Waals surface area contributed by atoms with E-state index in [-0.39, 0.29) is 18.2 Å². The lowest BCUT2D eigenvalue weighted by molar-refractivity contribution is -0.137. The lowest BCUT2D eigenvalue weighted by Gasteiger charge is -2.11. The van der Waals surface area contributed by atoms with Crippen LogP contribution in [0.15, 0.2) is 30.6 Å². The number of hydrogen-bond acceptors (Lipinski definition) is 3. The molecular formula is C13H13ClF3N3O. The summed E-state index contributed by atoms with van der Waals surface area (Å²) in [7, 11) is 0. The fourth-order valence-corrected chi connectivity index (χ4v) is 2.01. The Bertz CT molecular complexity index is 613. The summed E-state index contributed by atoms with van der Waals surface area (Å²) in [4.78, 5) is 0. The molecule has 0 radical (unpaired) electrons. The largest absolute Gasteiger partial charge is 0.417 e. The van der Waals surface area contributed by atoms with Gasteiger partial charge in [-0.15, -0.1) is 0 Å². The number of hydrogen-bond donors (Lipinski definition) is 2. The third-order valence-electron chi connectivity index (χ3n) is 2.80. The van der Waals surface area contributed by atoms with Crippen LogP contribution in [0.1, 0.15) is 11.1 Å². The highest BCUT2D eigenvalue weighted by Gasteiger charge is 2.33. The molecule has 21 heavy (non-hydrogen) atoms. The summed E-state index contributed by atoms with van der Waals surface area (Å²) in [6.45, 7) is 0.541. The molecule has 0 amide bonds. The van der Waals surface area contributed by atoms with Gasteiger partial charge in [-0.05, 0) is 17.7 Å². The van der Waals surface area contributed by atoms with E-state index in [4.69, 9.17) is 16.7 Å². The number of rotatable bonds is 5. The Morgan fingerprint density at radius 2 is 2.10 bits per heavy atom. The molecule has 0 fully saturated rings. The Labute approximate surface area is 124 Å². The molecule has 1 aromatic heterocycles. The number of anilines is 1. The Morgan fingerprint density at radius 3 is 2.76 bits per heavy atom. The van der Waals surface area contributed by atoms with E-state index in [0.29, 0.717) is 17.8 Å². The van der Waals surface area contributed by atoms with Gasteiger partial charge in [-0.3, -0.25) is 4.68 Å². The molecule has 0 bridgehead atoms. The molecule has 2 rings (SSSR count). The highest BCUT2D eigenvalue weighted by molar-refractivity contribution is 6.31. The van der Waals surface area contributed by atoms with E-state index in [2.05, 4.69) is 10.4 Å². The standard InChI is InChI=1S/C13H13ClF3N3O/c14-12-2-1-9(5-11(12)13(15,16)17)6-18-10-7-19-20(8-10)3-4-21/h1-2,5,7-8,18,21H,3-4,6H2. The first kappa shape index (κ1) is 15.7. The molecular weight excluding hydrogens is 307 g/mol. The van der Waals surface area contributed by atoms with E-state index in [1.807, 2.05) is 0 Å². The Morgan fingerprint density at radius 1 is 1.33 bits per heavy atom. The molecule has 114 valence electrons. The monoisotopic (exact) mass is 319 g/mol. The first-order valence-electron chi connectivity index (χ1n) is 6.13. The summed E-state index contributed by atoms with van der Waals surface area (Å²) >= 11 is 5.56. The summed E-state index contributed by atoms with van der Waals surface area (Å²) in [6, 6.07) is 3.78. The number of benzene rings is 1. The maximum Gasteiger partial charge on any atom is 0.417 e. The zero-order valence-corrected chi connectivity index (χ0v) is 11.6. The van der Waals surface area contributed by atoms with Crippen LogP contribution in [0, 0.1) is 0 Å². The molecule has 0 atom stereocenters. The van der Waals surface area contributed by atoms with E-state index >= 15 is 0 Å². The van der Waals surface area contributed by atoms with Crippen molar-refractivity contribution >= 4 is 17.3 Å². The predicted molar refractivity (Wildman–Crippen MR) is 73.1 cm³/mol. The molecule has 1 heterocycles. The van der Waals surface area contributed by atoms with E-state index in [1.54, 1.807) is 6.20 Å². The van der Waals surface area contributed by atoms with Crippen LogP contribution < -0.4 is 5.32 Å². The van der Waals surface area contributed by atoms with Crippen molar-refractivity contribution in [2.24, 2.45) is 0 Å². The van der Waals surface area contributed by atoms with Gasteiger partial charge in [0.25, 0.3) is 0 Å². The van der Waals surface area contributed by atoms with Crippen molar-refractivity contribution < 1.29 is 18.3 Å². The number of aliphatic hydroxyl groups is 1. The normalized spacial score (nSPS) is 11.7. The smallest absolute Gasteiger partial charge is 0.394 e. The summed E-state index contributed by atoms with van der Waals surface area (Å²) in [5, 5.41) is 15.4. The van der Waals surface area contributed by atoms with Crippen molar-refractivity contribution in [1.29, 1.82) is 0 Å². The predicted octanol–water partition coefficient (Wildman–Crippen LogP) is 3.16. The molecule has 2 N–H and O–H groups in total. The number of nitrogens with zero attached hydrogens (tertiary/aromatic N) is 2. The first-order valence-corrected chi connectivity index (χ1v) is 6.51. The highest BCUT2D eigenvalue weighted by atomic mass is 35.5. The van der Waals surface area contributed by atoms with E-state index in [1.165, 1.54) is 23.0 Å². The second-order valence-corrected chi connectivity index (χ2v) is 4.79. The third kappa shape index (κ3) is 4.12. The van der Waals surface area contributed by atoms with Gasteiger partial charge in [0, 0.05) is 12.7 Å². The second-order valence-electron chi connectivity index (χ2n) is 4.38. The van der Waals surface area contributed by atoms with Crippen LogP contribution in [-0.2, 0) is 19.3 Å². The van der Waals surface area contributed by atoms with E-state index < -0.39 is 11.7 Å². The van der Waals surface area contributed by atoms with Gasteiger partial charge in [-0.1, -0.05) is 17.7 Å². The van der Waals surface area contributed by atoms with Crippen LogP contribution in [0.5, 0.6) is 0 Å². The van der Waals surface area contributed by atoms with Crippen LogP contribution in [0.3, 0.4) is 0 Å². The van der Waals surface area contributed by atoms with Gasteiger partial charge in [0.2, 0.25) is 0 Å². The lowest BCUT2D eigenvalue weighted by Crippen LogP contribution is -2.08. The van der Waals surface area contributed by atoms with Crippen LogP contribution >= 0.6 is 11.6 Å². The molecule has 4 nitrogen and oxygen atoms in total.